The number of pyridine rings is 1. The summed E-state index contributed by atoms with van der Waals surface area (Å²) in [5.41, 5.74) is 3.59. The maximum atomic E-state index is 10.8. The fourth-order valence-corrected chi connectivity index (χ4v) is 5.51. The van der Waals surface area contributed by atoms with Crippen LogP contribution in [0.4, 0.5) is 5.82 Å². The smallest absolute Gasteiger partial charge is 0.128 e. The van der Waals surface area contributed by atoms with Crippen LogP contribution >= 0.6 is 0 Å². The van der Waals surface area contributed by atoms with E-state index < -0.39 is 6.23 Å². The van der Waals surface area contributed by atoms with E-state index in [0.29, 0.717) is 12.4 Å². The van der Waals surface area contributed by atoms with Crippen molar-refractivity contribution in [1.82, 2.24) is 24.6 Å². The second-order valence-corrected chi connectivity index (χ2v) is 10.1. The Morgan fingerprint density at radius 1 is 1.00 bits per heavy atom. The highest BCUT2D eigenvalue weighted by Gasteiger charge is 2.25. The number of hydrogen-bond acceptors (Lipinski definition) is 7. The number of likely N-dealkylation sites (tertiary alicyclic amines) is 2. The zero-order chi connectivity index (χ0) is 24.2. The molecule has 2 saturated heterocycles. The van der Waals surface area contributed by atoms with Crippen LogP contribution in [0.1, 0.15) is 37.8 Å². The van der Waals surface area contributed by atoms with Gasteiger partial charge in [0, 0.05) is 43.2 Å². The van der Waals surface area contributed by atoms with Gasteiger partial charge in [-0.25, -0.2) is 4.98 Å². The van der Waals surface area contributed by atoms with Crippen molar-refractivity contribution < 1.29 is 10.2 Å². The monoisotopic (exact) mass is 478 g/mol. The molecule has 8 nitrogen and oxygen atoms in total. The molecule has 0 radical (unpaired) electrons. The Balaban J connectivity index is 1.31. The van der Waals surface area contributed by atoms with Gasteiger partial charge >= 0.3 is 0 Å². The number of benzene rings is 1. The van der Waals surface area contributed by atoms with Crippen LogP contribution in [-0.4, -0.2) is 80.3 Å². The van der Waals surface area contributed by atoms with Gasteiger partial charge in [0.2, 0.25) is 0 Å². The SMILES string of the molecule is Cn1ncc(-c2ccc3cnc(NC(O)C4CCN(CCO)CC4)cc3c2)c1CN1CCCCC1. The van der Waals surface area contributed by atoms with Crippen molar-refractivity contribution in [2.24, 2.45) is 13.0 Å². The molecule has 0 amide bonds. The molecule has 1 aromatic carbocycles. The van der Waals surface area contributed by atoms with Crippen LogP contribution in [0.3, 0.4) is 0 Å². The van der Waals surface area contributed by atoms with E-state index in [1.54, 1.807) is 0 Å². The standard InChI is InChI=1S/C27H38N6O2/c1-31-25(19-33-9-3-2-4-10-33)24(18-29-31)21-5-6-22-17-28-26(16-23(22)15-21)30-27(35)20-7-11-32(12-8-20)13-14-34/h5-6,15-18,20,27,34-35H,2-4,7-14,19H2,1H3,(H,28,30). The molecular weight excluding hydrogens is 440 g/mol. The van der Waals surface area contributed by atoms with Crippen molar-refractivity contribution in [3.05, 3.63) is 42.4 Å². The Labute approximate surface area is 207 Å². The number of rotatable bonds is 8. The number of anilines is 1. The summed E-state index contributed by atoms with van der Waals surface area (Å²) in [5.74, 6) is 0.876. The highest BCUT2D eigenvalue weighted by atomic mass is 16.3. The summed E-state index contributed by atoms with van der Waals surface area (Å²) >= 11 is 0. The molecule has 0 aliphatic carbocycles. The number of piperidine rings is 2. The normalized spacial score (nSPS) is 19.3. The van der Waals surface area contributed by atoms with Crippen LogP contribution in [0.15, 0.2) is 36.7 Å². The Bertz CT molecular complexity index is 1120. The summed E-state index contributed by atoms with van der Waals surface area (Å²) in [6.07, 6.45) is 8.93. The average Bonchev–Trinajstić information content (AvgIpc) is 3.24. The average molecular weight is 479 g/mol. The number of hydrogen-bond donors (Lipinski definition) is 3. The number of nitrogens with zero attached hydrogens (tertiary/aromatic N) is 5. The van der Waals surface area contributed by atoms with E-state index in [2.05, 4.69) is 43.4 Å². The molecular formula is C27H38N6O2. The minimum absolute atomic E-state index is 0.182. The first-order chi connectivity index (χ1) is 17.1. The molecule has 188 valence electrons. The van der Waals surface area contributed by atoms with Crippen molar-refractivity contribution in [3.63, 3.8) is 0 Å². The summed E-state index contributed by atoms with van der Waals surface area (Å²) in [5, 5.41) is 29.9. The van der Waals surface area contributed by atoms with E-state index >= 15 is 0 Å². The van der Waals surface area contributed by atoms with Gasteiger partial charge in [0.05, 0.1) is 18.5 Å². The number of fused-ring (bicyclic) bond motifs is 1. The van der Waals surface area contributed by atoms with Crippen LogP contribution < -0.4 is 5.32 Å². The van der Waals surface area contributed by atoms with Crippen molar-refractivity contribution in [2.45, 2.75) is 44.9 Å². The van der Waals surface area contributed by atoms with Gasteiger partial charge in [0.25, 0.3) is 0 Å². The molecule has 3 aromatic rings. The maximum Gasteiger partial charge on any atom is 0.128 e. The van der Waals surface area contributed by atoms with E-state index in [4.69, 9.17) is 5.11 Å². The molecule has 1 unspecified atom stereocenters. The topological polar surface area (TPSA) is 89.7 Å². The summed E-state index contributed by atoms with van der Waals surface area (Å²) < 4.78 is 2.01. The first-order valence-electron chi connectivity index (χ1n) is 13.0. The maximum absolute atomic E-state index is 10.8. The molecule has 0 saturated carbocycles. The summed E-state index contributed by atoms with van der Waals surface area (Å²) in [6, 6.07) is 8.51. The van der Waals surface area contributed by atoms with Crippen molar-refractivity contribution in [1.29, 1.82) is 0 Å². The van der Waals surface area contributed by atoms with Gasteiger partial charge in [-0.3, -0.25) is 9.58 Å². The van der Waals surface area contributed by atoms with Crippen LogP contribution in [0, 0.1) is 5.92 Å². The van der Waals surface area contributed by atoms with E-state index in [0.717, 1.165) is 61.9 Å². The molecule has 1 atom stereocenters. The van der Waals surface area contributed by atoms with Gasteiger partial charge in [-0.05, 0) is 74.9 Å². The van der Waals surface area contributed by atoms with E-state index in [9.17, 15) is 5.11 Å². The predicted octanol–water partition coefficient (Wildman–Crippen LogP) is 3.06. The summed E-state index contributed by atoms with van der Waals surface area (Å²) in [4.78, 5) is 9.33. The Hall–Kier alpha value is -2.52. The van der Waals surface area contributed by atoms with Gasteiger partial charge in [-0.2, -0.15) is 5.10 Å². The van der Waals surface area contributed by atoms with Crippen LogP contribution in [0.25, 0.3) is 21.9 Å². The van der Waals surface area contributed by atoms with E-state index in [-0.39, 0.29) is 12.5 Å². The highest BCUT2D eigenvalue weighted by molar-refractivity contribution is 5.88. The lowest BCUT2D eigenvalue weighted by molar-refractivity contribution is 0.0706. The Morgan fingerprint density at radius 3 is 2.57 bits per heavy atom. The number of aliphatic hydroxyl groups excluding tert-OH is 2. The third-order valence-corrected chi connectivity index (χ3v) is 7.71. The molecule has 4 heterocycles. The lowest BCUT2D eigenvalue weighted by Gasteiger charge is -2.34. The van der Waals surface area contributed by atoms with Gasteiger partial charge in [0.1, 0.15) is 12.0 Å². The van der Waals surface area contributed by atoms with Crippen LogP contribution in [0.5, 0.6) is 0 Å². The first kappa shape index (κ1) is 24.2. The third kappa shape index (κ3) is 5.67. The molecule has 8 heteroatoms. The van der Waals surface area contributed by atoms with Crippen molar-refractivity contribution in [3.8, 4) is 11.1 Å². The Kier molecular flexibility index (Phi) is 7.63. The van der Waals surface area contributed by atoms with Gasteiger partial charge in [0.15, 0.2) is 0 Å². The predicted molar refractivity (Wildman–Crippen MR) is 139 cm³/mol. The number of aromatic nitrogens is 3. The molecule has 2 aromatic heterocycles. The van der Waals surface area contributed by atoms with Crippen LogP contribution in [0.2, 0.25) is 0 Å². The molecule has 35 heavy (non-hydrogen) atoms. The quantitative estimate of drug-likeness (QED) is 0.429. The number of β-amino-alcohol motifs (C(OH)–C–C–N with tert-alkyl or cyclic N) is 1. The third-order valence-electron chi connectivity index (χ3n) is 7.71. The summed E-state index contributed by atoms with van der Waals surface area (Å²) in [7, 11) is 2.03. The largest absolute Gasteiger partial charge is 0.395 e. The fourth-order valence-electron chi connectivity index (χ4n) is 5.51. The number of nitrogens with one attached hydrogen (secondary N) is 1. The van der Waals surface area contributed by atoms with Crippen molar-refractivity contribution in [2.75, 3.05) is 44.6 Å². The molecule has 0 bridgehead atoms. The minimum atomic E-state index is -0.631. The lowest BCUT2D eigenvalue weighted by atomic mass is 9.95. The summed E-state index contributed by atoms with van der Waals surface area (Å²) in [6.45, 7) is 5.95. The minimum Gasteiger partial charge on any atom is -0.395 e. The molecule has 3 N–H and O–H groups in total. The van der Waals surface area contributed by atoms with Gasteiger partial charge < -0.3 is 20.4 Å². The molecule has 2 aliphatic heterocycles. The molecule has 2 fully saturated rings. The van der Waals surface area contributed by atoms with Crippen LogP contribution in [-0.2, 0) is 13.6 Å². The van der Waals surface area contributed by atoms with Gasteiger partial charge in [-0.1, -0.05) is 18.6 Å². The van der Waals surface area contributed by atoms with E-state index in [1.807, 2.05) is 30.2 Å². The lowest BCUT2D eigenvalue weighted by Crippen LogP contribution is -2.41. The second kappa shape index (κ2) is 11.0. The molecule has 2 aliphatic rings. The van der Waals surface area contributed by atoms with Gasteiger partial charge in [-0.15, -0.1) is 0 Å². The zero-order valence-electron chi connectivity index (χ0n) is 20.7. The van der Waals surface area contributed by atoms with Crippen molar-refractivity contribution >= 4 is 16.6 Å². The number of aryl methyl sites for hydroxylation is 1. The van der Waals surface area contributed by atoms with E-state index in [1.165, 1.54) is 30.5 Å². The highest BCUT2D eigenvalue weighted by Crippen LogP contribution is 2.30. The second-order valence-electron chi connectivity index (χ2n) is 10.1. The molecule has 5 rings (SSSR count). The first-order valence-corrected chi connectivity index (χ1v) is 13.0. The molecule has 0 spiro atoms. The Morgan fingerprint density at radius 2 is 1.80 bits per heavy atom. The zero-order valence-corrected chi connectivity index (χ0v) is 20.7. The number of aliphatic hydroxyl groups is 2. The fraction of sp³-hybridized carbons (Fsp3) is 0.556.